The van der Waals surface area contributed by atoms with Crippen molar-refractivity contribution in [3.05, 3.63) is 102 Å². The molecule has 1 amide bonds. The van der Waals surface area contributed by atoms with Crippen molar-refractivity contribution < 1.29 is 13.9 Å². The van der Waals surface area contributed by atoms with Crippen LogP contribution in [-0.2, 0) is 17.8 Å². The highest BCUT2D eigenvalue weighted by Gasteiger charge is 2.44. The third-order valence-corrected chi connectivity index (χ3v) is 6.85. The molecule has 2 atom stereocenters. The molecule has 0 radical (unpaired) electrons. The predicted octanol–water partition coefficient (Wildman–Crippen LogP) is 5.88. The van der Waals surface area contributed by atoms with Crippen LogP contribution in [0, 0.1) is 17.7 Å². The molecule has 1 saturated heterocycles. The van der Waals surface area contributed by atoms with Crippen molar-refractivity contribution in [2.45, 2.75) is 32.0 Å². The summed E-state index contributed by atoms with van der Waals surface area (Å²) >= 11 is 0. The van der Waals surface area contributed by atoms with Crippen LogP contribution in [-0.4, -0.2) is 30.2 Å². The number of halogens is 1. The predicted molar refractivity (Wildman–Crippen MR) is 127 cm³/mol. The van der Waals surface area contributed by atoms with Crippen LogP contribution in [0.5, 0.6) is 0 Å². The van der Waals surface area contributed by atoms with Gasteiger partial charge in [0.25, 0.3) is 0 Å². The largest absolute Gasteiger partial charge is 0.445 e. The third kappa shape index (κ3) is 5.09. The van der Waals surface area contributed by atoms with E-state index in [2.05, 4.69) is 29.2 Å². The zero-order chi connectivity index (χ0) is 22.6. The molecule has 1 heterocycles. The highest BCUT2D eigenvalue weighted by atomic mass is 19.1. The number of nitrogens with zero attached hydrogens (tertiary/aromatic N) is 2. The minimum absolute atomic E-state index is 0.0664. The summed E-state index contributed by atoms with van der Waals surface area (Å²) in [6, 6.07) is 26.4. The molecule has 0 N–H and O–H groups in total. The Morgan fingerprint density at radius 1 is 0.848 bits per heavy atom. The number of likely N-dealkylation sites (tertiary alicyclic amines) is 1. The minimum atomic E-state index is -0.358. The van der Waals surface area contributed by atoms with E-state index in [-0.39, 0.29) is 18.0 Å². The second-order valence-electron chi connectivity index (χ2n) is 9.17. The van der Waals surface area contributed by atoms with Crippen LogP contribution in [0.4, 0.5) is 14.9 Å². The van der Waals surface area contributed by atoms with Gasteiger partial charge in [-0.25, -0.2) is 9.18 Å². The quantitative estimate of drug-likeness (QED) is 0.476. The number of ether oxygens (including phenoxy) is 1. The lowest BCUT2D eigenvalue weighted by Gasteiger charge is -2.38. The Morgan fingerprint density at radius 2 is 1.42 bits per heavy atom. The molecular weight excluding hydrogens is 415 g/mol. The number of hydrogen-bond acceptors (Lipinski definition) is 3. The Kier molecular flexibility index (Phi) is 6.40. The molecule has 0 aromatic heterocycles. The number of anilines is 1. The van der Waals surface area contributed by atoms with Crippen LogP contribution in [0.3, 0.4) is 0 Å². The number of benzene rings is 3. The number of carbonyl (C=O) groups is 1. The van der Waals surface area contributed by atoms with Gasteiger partial charge in [-0.2, -0.15) is 0 Å². The number of piperidine rings is 1. The van der Waals surface area contributed by atoms with Crippen molar-refractivity contribution in [2.75, 3.05) is 18.0 Å². The van der Waals surface area contributed by atoms with Gasteiger partial charge < -0.3 is 4.74 Å². The molecule has 2 aliphatic rings. The van der Waals surface area contributed by atoms with Gasteiger partial charge >= 0.3 is 6.09 Å². The zero-order valence-corrected chi connectivity index (χ0v) is 18.6. The van der Waals surface area contributed by atoms with Crippen molar-refractivity contribution in [3.63, 3.8) is 0 Å². The number of amides is 1. The van der Waals surface area contributed by atoms with E-state index < -0.39 is 0 Å². The molecule has 1 saturated carbocycles. The molecule has 3 aromatic rings. The van der Waals surface area contributed by atoms with Gasteiger partial charge in [0.05, 0.1) is 6.54 Å². The molecule has 2 unspecified atom stereocenters. The molecule has 170 valence electrons. The van der Waals surface area contributed by atoms with Crippen LogP contribution in [0.15, 0.2) is 84.9 Å². The fourth-order valence-corrected chi connectivity index (χ4v) is 5.26. The normalized spacial score (nSPS) is 22.2. The van der Waals surface area contributed by atoms with Gasteiger partial charge in [0.1, 0.15) is 11.9 Å². The van der Waals surface area contributed by atoms with E-state index in [1.54, 1.807) is 17.0 Å². The molecule has 33 heavy (non-hydrogen) atoms. The lowest BCUT2D eigenvalue weighted by molar-refractivity contribution is -0.0000796. The van der Waals surface area contributed by atoms with Crippen LogP contribution in [0.2, 0.25) is 0 Å². The average Bonchev–Trinajstić information content (AvgIpc) is 3.07. The van der Waals surface area contributed by atoms with Crippen LogP contribution in [0.25, 0.3) is 0 Å². The minimum Gasteiger partial charge on any atom is -0.445 e. The second-order valence-corrected chi connectivity index (χ2v) is 9.17. The smallest absolute Gasteiger partial charge is 0.414 e. The molecule has 5 rings (SSSR count). The summed E-state index contributed by atoms with van der Waals surface area (Å²) in [5, 5.41) is 0. The Balaban J connectivity index is 1.29. The highest BCUT2D eigenvalue weighted by molar-refractivity contribution is 5.87. The molecule has 3 aromatic carbocycles. The van der Waals surface area contributed by atoms with Gasteiger partial charge in [0.15, 0.2) is 0 Å². The van der Waals surface area contributed by atoms with E-state index in [9.17, 15) is 9.18 Å². The zero-order valence-electron chi connectivity index (χ0n) is 18.6. The monoisotopic (exact) mass is 444 g/mol. The number of rotatable bonds is 6. The molecule has 2 fully saturated rings. The number of hydrogen-bond donors (Lipinski definition) is 0. The number of fused-ring (bicyclic) bond motifs is 2. The Hall–Kier alpha value is -3.18. The molecule has 1 aliphatic heterocycles. The standard InChI is InChI=1S/C28H29FN2O2/c29-25-13-15-26(16-14-25)31(18-22-9-5-2-6-10-22)28(32)33-27-23-11-12-24(27)20-30(19-23)17-21-7-3-1-4-8-21/h1-10,13-16,23-24,27H,11-12,17-20H2. The molecular formula is C28H29FN2O2. The summed E-state index contributed by atoms with van der Waals surface area (Å²) < 4.78 is 19.7. The average molecular weight is 445 g/mol. The van der Waals surface area contributed by atoms with E-state index in [4.69, 9.17) is 4.74 Å². The lowest BCUT2D eigenvalue weighted by Crippen LogP contribution is -2.47. The Bertz CT molecular complexity index is 1040. The summed E-state index contributed by atoms with van der Waals surface area (Å²) in [6.07, 6.45) is 1.75. The first-order chi connectivity index (χ1) is 16.2. The van der Waals surface area contributed by atoms with Gasteiger partial charge in [0, 0.05) is 37.2 Å². The maximum atomic E-state index is 13.5. The fourth-order valence-electron chi connectivity index (χ4n) is 5.26. The molecule has 0 spiro atoms. The lowest BCUT2D eigenvalue weighted by atomic mass is 9.94. The summed E-state index contributed by atoms with van der Waals surface area (Å²) in [6.45, 7) is 3.20. The van der Waals surface area contributed by atoms with Gasteiger partial charge in [-0.3, -0.25) is 9.80 Å². The first-order valence-corrected chi connectivity index (χ1v) is 11.7. The Labute approximate surface area is 194 Å². The van der Waals surface area contributed by atoms with Crippen LogP contribution >= 0.6 is 0 Å². The van der Waals surface area contributed by atoms with Gasteiger partial charge in [-0.15, -0.1) is 0 Å². The van der Waals surface area contributed by atoms with Crippen molar-refractivity contribution >= 4 is 11.8 Å². The maximum absolute atomic E-state index is 13.5. The summed E-state index contributed by atoms with van der Waals surface area (Å²) in [7, 11) is 0. The Morgan fingerprint density at radius 3 is 2.03 bits per heavy atom. The summed E-state index contributed by atoms with van der Waals surface area (Å²) in [5.41, 5.74) is 2.95. The molecule has 1 aliphatic carbocycles. The molecule has 5 heteroatoms. The third-order valence-electron chi connectivity index (χ3n) is 6.85. The van der Waals surface area contributed by atoms with E-state index in [0.29, 0.717) is 24.1 Å². The van der Waals surface area contributed by atoms with Gasteiger partial charge in [-0.1, -0.05) is 60.7 Å². The van der Waals surface area contributed by atoms with E-state index >= 15 is 0 Å². The van der Waals surface area contributed by atoms with E-state index in [0.717, 1.165) is 38.0 Å². The number of carbonyl (C=O) groups excluding carboxylic acids is 1. The molecule has 2 bridgehead atoms. The van der Waals surface area contributed by atoms with Crippen molar-refractivity contribution in [2.24, 2.45) is 11.8 Å². The summed E-state index contributed by atoms with van der Waals surface area (Å²) in [4.78, 5) is 17.5. The van der Waals surface area contributed by atoms with E-state index in [1.807, 2.05) is 36.4 Å². The van der Waals surface area contributed by atoms with Crippen LogP contribution < -0.4 is 4.90 Å². The second kappa shape index (κ2) is 9.75. The van der Waals surface area contributed by atoms with Crippen molar-refractivity contribution in [1.29, 1.82) is 0 Å². The van der Waals surface area contributed by atoms with Crippen molar-refractivity contribution in [1.82, 2.24) is 4.90 Å². The maximum Gasteiger partial charge on any atom is 0.414 e. The summed E-state index contributed by atoms with van der Waals surface area (Å²) in [5.74, 6) is 0.377. The first-order valence-electron chi connectivity index (χ1n) is 11.7. The highest BCUT2D eigenvalue weighted by Crippen LogP contribution is 2.40. The first kappa shape index (κ1) is 21.7. The SMILES string of the molecule is O=C(OC1C2CCC1CN(Cc1ccccc1)C2)N(Cc1ccccc1)c1ccc(F)cc1. The van der Waals surface area contributed by atoms with E-state index in [1.165, 1.54) is 17.7 Å². The van der Waals surface area contributed by atoms with Gasteiger partial charge in [0.2, 0.25) is 0 Å². The fraction of sp³-hybridized carbons (Fsp3) is 0.321. The van der Waals surface area contributed by atoms with Gasteiger partial charge in [-0.05, 0) is 48.2 Å². The topological polar surface area (TPSA) is 32.8 Å². The van der Waals surface area contributed by atoms with Crippen molar-refractivity contribution in [3.8, 4) is 0 Å². The molecule has 4 nitrogen and oxygen atoms in total. The van der Waals surface area contributed by atoms with Crippen LogP contribution in [0.1, 0.15) is 24.0 Å².